The minimum atomic E-state index is -0.277. The molecule has 0 aromatic carbocycles. The van der Waals surface area contributed by atoms with Crippen LogP contribution in [0.2, 0.25) is 0 Å². The number of carbonyl (C=O) groups excluding carboxylic acids is 1. The lowest BCUT2D eigenvalue weighted by atomic mass is 10.4. The van der Waals surface area contributed by atoms with Gasteiger partial charge in [-0.2, -0.15) is 0 Å². The van der Waals surface area contributed by atoms with Gasteiger partial charge in [-0.25, -0.2) is 0 Å². The van der Waals surface area contributed by atoms with E-state index in [0.717, 1.165) is 0 Å². The third-order valence-corrected chi connectivity index (χ3v) is 1.26. The molecule has 5 nitrogen and oxygen atoms in total. The highest BCUT2D eigenvalue weighted by atomic mass is 16.5. The molecule has 0 atom stereocenters. The first-order valence-electron chi connectivity index (χ1n) is 4.19. The van der Waals surface area contributed by atoms with E-state index in [2.05, 4.69) is 15.0 Å². The molecule has 76 valence electrons. The second kappa shape index (κ2) is 6.28. The van der Waals surface area contributed by atoms with Crippen molar-refractivity contribution in [3.63, 3.8) is 0 Å². The highest BCUT2D eigenvalue weighted by molar-refractivity contribution is 5.78. The Balaban J connectivity index is 3.65. The maximum absolute atomic E-state index is 10.7. The van der Waals surface area contributed by atoms with E-state index in [1.807, 2.05) is 13.8 Å². The number of hydrogen-bond donors (Lipinski definition) is 2. The molecule has 0 aliphatic carbocycles. The molecule has 0 fully saturated rings. The zero-order valence-corrected chi connectivity index (χ0v) is 8.33. The lowest BCUT2D eigenvalue weighted by Crippen LogP contribution is -2.36. The van der Waals surface area contributed by atoms with Crippen LogP contribution in [0.5, 0.6) is 0 Å². The Morgan fingerprint density at radius 1 is 1.62 bits per heavy atom. The van der Waals surface area contributed by atoms with Crippen molar-refractivity contribution in [3.8, 4) is 0 Å². The first-order valence-corrected chi connectivity index (χ1v) is 4.19. The van der Waals surface area contributed by atoms with E-state index < -0.39 is 0 Å². The summed E-state index contributed by atoms with van der Waals surface area (Å²) >= 11 is 0. The molecule has 0 amide bonds. The predicted octanol–water partition coefficient (Wildman–Crippen LogP) is -0.138. The predicted molar refractivity (Wildman–Crippen MR) is 51.4 cm³/mol. The third-order valence-electron chi connectivity index (χ3n) is 1.26. The quantitative estimate of drug-likeness (QED) is 0.365. The third kappa shape index (κ3) is 7.11. The molecule has 0 aliphatic rings. The SMILES string of the molecule is COC(=O)CCN=C(N)NC(C)C. The molecule has 0 heterocycles. The number of ether oxygens (including phenoxy) is 1. The zero-order chi connectivity index (χ0) is 10.3. The number of hydrogen-bond acceptors (Lipinski definition) is 3. The Kier molecular flexibility index (Phi) is 5.67. The number of rotatable bonds is 4. The largest absolute Gasteiger partial charge is 0.469 e. The Morgan fingerprint density at radius 2 is 2.23 bits per heavy atom. The molecule has 0 unspecified atom stereocenters. The number of nitrogens with one attached hydrogen (secondary N) is 1. The minimum absolute atomic E-state index is 0.252. The van der Waals surface area contributed by atoms with Crippen molar-refractivity contribution in [3.05, 3.63) is 0 Å². The second-order valence-electron chi connectivity index (χ2n) is 2.89. The van der Waals surface area contributed by atoms with Gasteiger partial charge in [0.05, 0.1) is 20.1 Å². The Hall–Kier alpha value is -1.26. The summed E-state index contributed by atoms with van der Waals surface area (Å²) in [6.07, 6.45) is 0.261. The van der Waals surface area contributed by atoms with Crippen LogP contribution >= 0.6 is 0 Å². The highest BCUT2D eigenvalue weighted by Gasteiger charge is 1.99. The van der Waals surface area contributed by atoms with Crippen LogP contribution in [0, 0.1) is 0 Å². The lowest BCUT2D eigenvalue weighted by molar-refractivity contribution is -0.140. The summed E-state index contributed by atoms with van der Waals surface area (Å²) in [6.45, 7) is 4.28. The molecule has 0 rings (SSSR count). The van der Waals surface area contributed by atoms with Crippen molar-refractivity contribution >= 4 is 11.9 Å². The van der Waals surface area contributed by atoms with E-state index in [4.69, 9.17) is 5.73 Å². The van der Waals surface area contributed by atoms with Gasteiger partial charge in [0.15, 0.2) is 5.96 Å². The van der Waals surface area contributed by atoms with E-state index in [-0.39, 0.29) is 18.4 Å². The standard InChI is InChI=1S/C8H17N3O2/c1-6(2)11-8(9)10-5-4-7(12)13-3/h6H,4-5H2,1-3H3,(H3,9,10,11). The van der Waals surface area contributed by atoms with E-state index in [0.29, 0.717) is 12.5 Å². The van der Waals surface area contributed by atoms with E-state index in [1.165, 1.54) is 7.11 Å². The number of esters is 1. The fourth-order valence-corrected chi connectivity index (χ4v) is 0.711. The molecular formula is C8H17N3O2. The molecule has 0 bridgehead atoms. The minimum Gasteiger partial charge on any atom is -0.469 e. The fraction of sp³-hybridized carbons (Fsp3) is 0.750. The van der Waals surface area contributed by atoms with Crippen molar-refractivity contribution in [1.29, 1.82) is 0 Å². The average Bonchev–Trinajstić information content (AvgIpc) is 2.02. The maximum Gasteiger partial charge on any atom is 0.307 e. The first kappa shape index (κ1) is 11.7. The molecule has 13 heavy (non-hydrogen) atoms. The van der Waals surface area contributed by atoms with Crippen molar-refractivity contribution in [2.75, 3.05) is 13.7 Å². The second-order valence-corrected chi connectivity index (χ2v) is 2.89. The monoisotopic (exact) mass is 187 g/mol. The van der Waals surface area contributed by atoms with Crippen LogP contribution in [0.3, 0.4) is 0 Å². The number of aliphatic imine (C=N–C) groups is 1. The topological polar surface area (TPSA) is 76.7 Å². The van der Waals surface area contributed by atoms with Crippen molar-refractivity contribution in [2.45, 2.75) is 26.3 Å². The van der Waals surface area contributed by atoms with Crippen molar-refractivity contribution in [1.82, 2.24) is 5.32 Å². The first-order chi connectivity index (χ1) is 6.06. The normalized spacial score (nSPS) is 11.5. The van der Waals surface area contributed by atoms with Crippen LogP contribution in [0.1, 0.15) is 20.3 Å². The van der Waals surface area contributed by atoms with Gasteiger partial charge in [-0.15, -0.1) is 0 Å². The van der Waals surface area contributed by atoms with Crippen molar-refractivity contribution in [2.24, 2.45) is 10.7 Å². The number of methoxy groups -OCH3 is 1. The van der Waals surface area contributed by atoms with Crippen LogP contribution < -0.4 is 11.1 Å². The van der Waals surface area contributed by atoms with Crippen molar-refractivity contribution < 1.29 is 9.53 Å². The van der Waals surface area contributed by atoms with Gasteiger partial charge in [0.25, 0.3) is 0 Å². The maximum atomic E-state index is 10.7. The summed E-state index contributed by atoms with van der Waals surface area (Å²) in [6, 6.07) is 0.252. The molecule has 0 aromatic heterocycles. The van der Waals surface area contributed by atoms with Gasteiger partial charge in [0.1, 0.15) is 0 Å². The van der Waals surface area contributed by atoms with Crippen LogP contribution in [0.25, 0.3) is 0 Å². The average molecular weight is 187 g/mol. The molecule has 0 radical (unpaired) electrons. The van der Waals surface area contributed by atoms with Crippen LogP contribution in [0.15, 0.2) is 4.99 Å². The van der Waals surface area contributed by atoms with Gasteiger partial charge < -0.3 is 15.8 Å². The van der Waals surface area contributed by atoms with Gasteiger partial charge in [0.2, 0.25) is 0 Å². The molecule has 0 spiro atoms. The molecule has 0 saturated heterocycles. The number of carbonyl (C=O) groups is 1. The number of guanidine groups is 1. The van der Waals surface area contributed by atoms with Crippen LogP contribution in [0.4, 0.5) is 0 Å². The Morgan fingerprint density at radius 3 is 2.69 bits per heavy atom. The lowest BCUT2D eigenvalue weighted by Gasteiger charge is -2.07. The molecular weight excluding hydrogens is 170 g/mol. The molecule has 0 aromatic rings. The molecule has 0 aliphatic heterocycles. The van der Waals surface area contributed by atoms with Gasteiger partial charge in [0, 0.05) is 6.04 Å². The van der Waals surface area contributed by atoms with E-state index in [9.17, 15) is 4.79 Å². The van der Waals surface area contributed by atoms with Gasteiger partial charge in [-0.1, -0.05) is 0 Å². The Bertz CT molecular complexity index is 190. The number of nitrogens with two attached hydrogens (primary N) is 1. The Labute approximate surface area is 78.4 Å². The smallest absolute Gasteiger partial charge is 0.307 e. The number of nitrogens with zero attached hydrogens (tertiary/aromatic N) is 1. The van der Waals surface area contributed by atoms with Gasteiger partial charge in [-0.05, 0) is 13.8 Å². The summed E-state index contributed by atoms with van der Waals surface area (Å²) in [5, 5.41) is 2.91. The molecule has 5 heteroatoms. The molecule has 0 saturated carbocycles. The van der Waals surface area contributed by atoms with Gasteiger partial charge >= 0.3 is 5.97 Å². The summed E-state index contributed by atoms with van der Waals surface area (Å²) in [5.41, 5.74) is 5.49. The van der Waals surface area contributed by atoms with E-state index in [1.54, 1.807) is 0 Å². The van der Waals surface area contributed by atoms with Crippen LogP contribution in [-0.4, -0.2) is 31.6 Å². The van der Waals surface area contributed by atoms with Gasteiger partial charge in [-0.3, -0.25) is 9.79 Å². The van der Waals surface area contributed by atoms with Crippen LogP contribution in [-0.2, 0) is 9.53 Å². The zero-order valence-electron chi connectivity index (χ0n) is 8.33. The summed E-state index contributed by atoms with van der Waals surface area (Å²) in [4.78, 5) is 14.6. The summed E-state index contributed by atoms with van der Waals surface area (Å²) < 4.78 is 4.44. The highest BCUT2D eigenvalue weighted by Crippen LogP contribution is 1.85. The molecule has 3 N–H and O–H groups in total. The fourth-order valence-electron chi connectivity index (χ4n) is 0.711. The van der Waals surface area contributed by atoms with E-state index >= 15 is 0 Å². The summed E-state index contributed by atoms with van der Waals surface area (Å²) in [5.74, 6) is 0.0833. The summed E-state index contributed by atoms with van der Waals surface area (Å²) in [7, 11) is 1.35.